The zero-order valence-corrected chi connectivity index (χ0v) is 16.0. The van der Waals surface area contributed by atoms with Crippen LogP contribution < -0.4 is 5.19 Å². The van der Waals surface area contributed by atoms with Crippen molar-refractivity contribution in [3.05, 3.63) is 47.5 Å². The van der Waals surface area contributed by atoms with Crippen LogP contribution in [0.1, 0.15) is 20.7 Å². The Labute approximate surface area is 148 Å². The fourth-order valence-electron chi connectivity index (χ4n) is 2.85. The molecule has 0 aliphatic heterocycles. The SMILES string of the molecule is COC(=O)c1cc(-c2ccccc2)c([Si](C)(C)C)c(O)c1C(=O)OC. The van der Waals surface area contributed by atoms with Gasteiger partial charge in [-0.05, 0) is 22.4 Å². The number of phenolic OH excluding ortho intramolecular Hbond substituents is 1. The highest BCUT2D eigenvalue weighted by molar-refractivity contribution is 6.90. The van der Waals surface area contributed by atoms with Crippen molar-refractivity contribution in [1.29, 1.82) is 0 Å². The number of carbonyl (C=O) groups is 2. The molecular weight excluding hydrogens is 336 g/mol. The van der Waals surface area contributed by atoms with Gasteiger partial charge in [0.25, 0.3) is 0 Å². The second-order valence-electron chi connectivity index (χ2n) is 6.67. The van der Waals surface area contributed by atoms with Crippen molar-refractivity contribution < 1.29 is 24.2 Å². The summed E-state index contributed by atoms with van der Waals surface area (Å²) in [6.45, 7) is 6.19. The van der Waals surface area contributed by atoms with E-state index in [1.54, 1.807) is 6.07 Å². The van der Waals surface area contributed by atoms with Crippen LogP contribution in [0.15, 0.2) is 36.4 Å². The average Bonchev–Trinajstić information content (AvgIpc) is 2.59. The van der Waals surface area contributed by atoms with Gasteiger partial charge in [0.05, 0.1) is 27.9 Å². The highest BCUT2D eigenvalue weighted by Crippen LogP contribution is 2.32. The molecule has 0 amide bonds. The van der Waals surface area contributed by atoms with Gasteiger partial charge in [0, 0.05) is 0 Å². The van der Waals surface area contributed by atoms with E-state index < -0.39 is 20.0 Å². The monoisotopic (exact) mass is 358 g/mol. The Morgan fingerprint density at radius 1 is 0.960 bits per heavy atom. The predicted octanol–water partition coefficient (Wildman–Crippen LogP) is 3.18. The summed E-state index contributed by atoms with van der Waals surface area (Å²) in [5.74, 6) is -1.67. The average molecular weight is 358 g/mol. The van der Waals surface area contributed by atoms with E-state index in [9.17, 15) is 14.7 Å². The van der Waals surface area contributed by atoms with Gasteiger partial charge in [-0.15, -0.1) is 0 Å². The van der Waals surface area contributed by atoms with E-state index in [1.165, 1.54) is 14.2 Å². The number of benzene rings is 2. The number of hydrogen-bond donors (Lipinski definition) is 1. The lowest BCUT2D eigenvalue weighted by Gasteiger charge is -2.25. The molecule has 2 aromatic carbocycles. The molecule has 0 radical (unpaired) electrons. The van der Waals surface area contributed by atoms with Gasteiger partial charge in [0.1, 0.15) is 11.3 Å². The molecule has 0 aliphatic carbocycles. The van der Waals surface area contributed by atoms with Crippen molar-refractivity contribution in [3.8, 4) is 16.9 Å². The van der Waals surface area contributed by atoms with Gasteiger partial charge in [0.15, 0.2) is 0 Å². The Kier molecular flexibility index (Phi) is 5.32. The normalized spacial score (nSPS) is 11.1. The highest BCUT2D eigenvalue weighted by Gasteiger charge is 2.33. The molecule has 25 heavy (non-hydrogen) atoms. The predicted molar refractivity (Wildman–Crippen MR) is 99.2 cm³/mol. The molecule has 0 fully saturated rings. The van der Waals surface area contributed by atoms with Gasteiger partial charge in [0.2, 0.25) is 0 Å². The number of phenols is 1. The van der Waals surface area contributed by atoms with E-state index >= 15 is 0 Å². The quantitative estimate of drug-likeness (QED) is 0.671. The maximum atomic E-state index is 12.2. The minimum Gasteiger partial charge on any atom is -0.507 e. The third-order valence-corrected chi connectivity index (χ3v) is 5.94. The van der Waals surface area contributed by atoms with E-state index in [4.69, 9.17) is 9.47 Å². The van der Waals surface area contributed by atoms with Gasteiger partial charge >= 0.3 is 11.9 Å². The van der Waals surface area contributed by atoms with Gasteiger partial charge in [-0.2, -0.15) is 0 Å². The summed E-state index contributed by atoms with van der Waals surface area (Å²) in [5, 5.41) is 11.6. The second kappa shape index (κ2) is 7.10. The lowest BCUT2D eigenvalue weighted by molar-refractivity contribution is 0.0552. The summed E-state index contributed by atoms with van der Waals surface area (Å²) in [4.78, 5) is 24.4. The first-order chi connectivity index (χ1) is 11.7. The Morgan fingerprint density at radius 3 is 2.00 bits per heavy atom. The standard InChI is InChI=1S/C19H22O5Si/c1-23-18(21)14-11-13(12-9-7-6-8-10-12)17(25(3,4)5)16(20)15(14)19(22)24-2/h6-11,20H,1-5H3. The molecule has 6 heteroatoms. The largest absolute Gasteiger partial charge is 0.507 e. The van der Waals surface area contributed by atoms with Crippen molar-refractivity contribution in [2.24, 2.45) is 0 Å². The van der Waals surface area contributed by atoms with Crippen LogP contribution in [-0.2, 0) is 9.47 Å². The molecule has 0 heterocycles. The Morgan fingerprint density at radius 2 is 1.52 bits per heavy atom. The molecule has 0 saturated carbocycles. The van der Waals surface area contributed by atoms with E-state index in [2.05, 4.69) is 19.6 Å². The fourth-order valence-corrected chi connectivity index (χ4v) is 4.71. The van der Waals surface area contributed by atoms with Crippen LogP contribution in [0.2, 0.25) is 19.6 Å². The zero-order chi connectivity index (χ0) is 18.8. The smallest absolute Gasteiger partial charge is 0.342 e. The van der Waals surface area contributed by atoms with E-state index in [0.717, 1.165) is 11.1 Å². The van der Waals surface area contributed by atoms with Crippen LogP contribution in [0.5, 0.6) is 5.75 Å². The summed E-state index contributed by atoms with van der Waals surface area (Å²) >= 11 is 0. The molecule has 0 spiro atoms. The first-order valence-corrected chi connectivity index (χ1v) is 11.3. The molecule has 2 aromatic rings. The summed E-state index contributed by atoms with van der Waals surface area (Å²) < 4.78 is 9.57. The number of carbonyl (C=O) groups excluding carboxylic acids is 2. The van der Waals surface area contributed by atoms with Crippen LogP contribution in [0, 0.1) is 0 Å². The van der Waals surface area contributed by atoms with Crippen LogP contribution in [-0.4, -0.2) is 39.3 Å². The van der Waals surface area contributed by atoms with Gasteiger partial charge in [-0.1, -0.05) is 50.0 Å². The maximum absolute atomic E-state index is 12.2. The molecule has 0 bridgehead atoms. The molecule has 0 aliphatic rings. The lowest BCUT2D eigenvalue weighted by Crippen LogP contribution is -2.40. The molecule has 0 aromatic heterocycles. The minimum atomic E-state index is -2.07. The zero-order valence-electron chi connectivity index (χ0n) is 15.0. The van der Waals surface area contributed by atoms with E-state index in [-0.39, 0.29) is 16.9 Å². The van der Waals surface area contributed by atoms with Crippen molar-refractivity contribution in [1.82, 2.24) is 0 Å². The summed E-state index contributed by atoms with van der Waals surface area (Å²) in [7, 11) is 0.369. The van der Waals surface area contributed by atoms with Crippen LogP contribution in [0.3, 0.4) is 0 Å². The summed E-state index contributed by atoms with van der Waals surface area (Å²) in [6.07, 6.45) is 0. The fraction of sp³-hybridized carbons (Fsp3) is 0.263. The van der Waals surface area contributed by atoms with Crippen LogP contribution in [0.25, 0.3) is 11.1 Å². The number of methoxy groups -OCH3 is 2. The molecule has 0 unspecified atom stereocenters. The minimum absolute atomic E-state index is 0.00676. The van der Waals surface area contributed by atoms with Gasteiger partial charge in [-0.3, -0.25) is 0 Å². The summed E-state index contributed by atoms with van der Waals surface area (Å²) in [5.41, 5.74) is 1.43. The van der Waals surface area contributed by atoms with Crippen molar-refractivity contribution >= 4 is 25.2 Å². The molecule has 132 valence electrons. The second-order valence-corrected chi connectivity index (χ2v) is 11.7. The molecule has 5 nitrogen and oxygen atoms in total. The lowest BCUT2D eigenvalue weighted by atomic mass is 9.97. The van der Waals surface area contributed by atoms with Crippen LogP contribution in [0.4, 0.5) is 0 Å². The Bertz CT molecular complexity index is 807. The van der Waals surface area contributed by atoms with Crippen molar-refractivity contribution in [2.45, 2.75) is 19.6 Å². The number of aromatic hydroxyl groups is 1. The first-order valence-electron chi connectivity index (χ1n) is 7.84. The Hall–Kier alpha value is -2.60. The van der Waals surface area contributed by atoms with Gasteiger partial charge in [-0.25, -0.2) is 9.59 Å². The van der Waals surface area contributed by atoms with Gasteiger partial charge < -0.3 is 14.6 Å². The molecule has 2 rings (SSSR count). The third-order valence-electron chi connectivity index (χ3n) is 3.93. The molecule has 0 saturated heterocycles. The topological polar surface area (TPSA) is 72.8 Å². The highest BCUT2D eigenvalue weighted by atomic mass is 28.3. The van der Waals surface area contributed by atoms with Crippen LogP contribution >= 0.6 is 0 Å². The van der Waals surface area contributed by atoms with E-state index in [1.807, 2.05) is 30.3 Å². The summed E-state index contributed by atoms with van der Waals surface area (Å²) in [6, 6.07) is 11.1. The molecule has 1 N–H and O–H groups in total. The third kappa shape index (κ3) is 3.58. The number of esters is 2. The number of rotatable bonds is 4. The first kappa shape index (κ1) is 18.7. The Balaban J connectivity index is 2.95. The molecule has 0 atom stereocenters. The maximum Gasteiger partial charge on any atom is 0.342 e. The number of ether oxygens (including phenoxy) is 2. The van der Waals surface area contributed by atoms with E-state index in [0.29, 0.717) is 5.19 Å². The van der Waals surface area contributed by atoms with Crippen molar-refractivity contribution in [2.75, 3.05) is 14.2 Å². The molecular formula is C19H22O5Si. The number of hydrogen-bond acceptors (Lipinski definition) is 5. The van der Waals surface area contributed by atoms with Crippen molar-refractivity contribution in [3.63, 3.8) is 0 Å².